The molecule has 0 fully saturated rings. The molecule has 0 bridgehead atoms. The van der Waals surface area contributed by atoms with Crippen molar-refractivity contribution in [3.05, 3.63) is 95.1 Å². The Morgan fingerprint density at radius 1 is 1.05 bits per heavy atom. The van der Waals surface area contributed by atoms with Crippen LogP contribution in [0.4, 0.5) is 10.1 Å². The van der Waals surface area contributed by atoms with E-state index in [1.165, 1.54) is 13.1 Å². The van der Waals surface area contributed by atoms with Crippen molar-refractivity contribution in [1.82, 2.24) is 9.78 Å². The fourth-order valence-corrected chi connectivity index (χ4v) is 4.20. The van der Waals surface area contributed by atoms with Gasteiger partial charge in [0.15, 0.2) is 0 Å². The molecule has 39 heavy (non-hydrogen) atoms. The first-order valence-corrected chi connectivity index (χ1v) is 12.2. The van der Waals surface area contributed by atoms with E-state index in [0.29, 0.717) is 16.9 Å². The number of ether oxygens (including phenoxy) is 1. The monoisotopic (exact) mass is 524 g/mol. The zero-order valence-corrected chi connectivity index (χ0v) is 22.4. The van der Waals surface area contributed by atoms with Gasteiger partial charge in [0.25, 0.3) is 5.91 Å². The van der Waals surface area contributed by atoms with Crippen LogP contribution in [0.25, 0.3) is 22.3 Å². The quantitative estimate of drug-likeness (QED) is 0.333. The summed E-state index contributed by atoms with van der Waals surface area (Å²) in [5.41, 5.74) is 8.32. The Morgan fingerprint density at radius 3 is 2.38 bits per heavy atom. The molecule has 4 aromatic rings. The van der Waals surface area contributed by atoms with Crippen molar-refractivity contribution in [2.45, 2.75) is 26.4 Å². The first-order valence-electron chi connectivity index (χ1n) is 12.2. The van der Waals surface area contributed by atoms with Crippen LogP contribution in [0.15, 0.2) is 66.7 Å². The smallest absolute Gasteiger partial charge is 0.257 e. The Bertz CT molecular complexity index is 1630. The van der Waals surface area contributed by atoms with Crippen LogP contribution in [0.2, 0.25) is 0 Å². The number of carbonyl (C=O) groups is 2. The summed E-state index contributed by atoms with van der Waals surface area (Å²) in [6.07, 6.45) is 0. The van der Waals surface area contributed by atoms with E-state index in [-0.39, 0.29) is 22.3 Å². The van der Waals surface area contributed by atoms with E-state index >= 15 is 4.39 Å². The average Bonchev–Trinajstić information content (AvgIpc) is 3.18. The van der Waals surface area contributed by atoms with E-state index in [2.05, 4.69) is 22.3 Å². The van der Waals surface area contributed by atoms with Crippen molar-refractivity contribution in [1.29, 1.82) is 0 Å². The van der Waals surface area contributed by atoms with Gasteiger partial charge in [-0.25, -0.2) is 4.68 Å². The van der Waals surface area contributed by atoms with Gasteiger partial charge in [0.05, 0.1) is 28.1 Å². The van der Waals surface area contributed by atoms with Crippen LogP contribution in [0.1, 0.15) is 45.8 Å². The Hall–Kier alpha value is -4.74. The molecule has 0 aliphatic rings. The molecule has 2 amide bonds. The second kappa shape index (κ2) is 10.9. The van der Waals surface area contributed by atoms with Gasteiger partial charge < -0.3 is 15.8 Å². The van der Waals surface area contributed by atoms with Crippen molar-refractivity contribution in [3.8, 4) is 34.1 Å². The van der Waals surface area contributed by atoms with Crippen LogP contribution in [-0.2, 0) is 11.8 Å². The average molecular weight is 525 g/mol. The number of amides is 2. The highest BCUT2D eigenvalue weighted by molar-refractivity contribution is 6.16. The summed E-state index contributed by atoms with van der Waals surface area (Å²) in [6.45, 7) is 5.33. The Balaban J connectivity index is 1.87. The number of nitrogens with one attached hydrogen (secondary N) is 1. The van der Waals surface area contributed by atoms with Gasteiger partial charge in [-0.2, -0.15) is 9.49 Å². The Morgan fingerprint density at radius 2 is 1.77 bits per heavy atom. The number of primary amides is 1. The highest BCUT2D eigenvalue weighted by Crippen LogP contribution is 2.34. The summed E-state index contributed by atoms with van der Waals surface area (Å²) >= 11 is 0. The Kier molecular flexibility index (Phi) is 7.65. The minimum Gasteiger partial charge on any atom is -0.366 e. The van der Waals surface area contributed by atoms with Gasteiger partial charge in [-0.3, -0.25) is 9.59 Å². The van der Waals surface area contributed by atoms with Gasteiger partial charge in [0, 0.05) is 30.8 Å². The fourth-order valence-electron chi connectivity index (χ4n) is 4.20. The lowest BCUT2D eigenvalue weighted by Gasteiger charge is -2.16. The summed E-state index contributed by atoms with van der Waals surface area (Å²) in [7, 11) is 3.05. The van der Waals surface area contributed by atoms with E-state index < -0.39 is 23.4 Å². The molecule has 0 aliphatic carbocycles. The number of hydrogen-bond donors (Lipinski definition) is 2. The fraction of sp³-hybridized carbons (Fsp3) is 0.194. The SMILES string of the molecule is COC(C)(C)C#Cc1ccc(-c2ccccc2)c(NC(=O)c2c(C(N)=O)cccc2-c2c(C)nn(C)c2F)c1. The number of nitrogens with two attached hydrogens (primary N) is 1. The normalized spacial score (nSPS) is 11.0. The number of hydrogen-bond acceptors (Lipinski definition) is 4. The number of benzene rings is 3. The van der Waals surface area contributed by atoms with E-state index in [1.807, 2.05) is 56.3 Å². The maximum Gasteiger partial charge on any atom is 0.257 e. The number of halogens is 1. The maximum atomic E-state index is 15.1. The minimum atomic E-state index is -0.811. The number of methoxy groups -OCH3 is 1. The Labute approximate surface area is 226 Å². The van der Waals surface area contributed by atoms with Gasteiger partial charge in [0.1, 0.15) is 5.60 Å². The standard InChI is InChI=1S/C31H29FN4O3/c1-19-26(28(32)36(4)35-19)23-12-9-13-24(29(33)37)27(23)30(38)34-25-18-20(16-17-31(2,3)39-5)14-15-22(25)21-10-7-6-8-11-21/h6-15,18H,1-5H3,(H2,33,37)(H,34,38). The van der Waals surface area contributed by atoms with Gasteiger partial charge >= 0.3 is 0 Å². The van der Waals surface area contributed by atoms with Gasteiger partial charge in [-0.05, 0) is 44.5 Å². The van der Waals surface area contributed by atoms with E-state index in [0.717, 1.165) is 15.8 Å². The third-order valence-electron chi connectivity index (χ3n) is 6.35. The molecular formula is C31H29FN4O3. The number of anilines is 1. The van der Waals surface area contributed by atoms with Crippen LogP contribution in [0.5, 0.6) is 0 Å². The maximum absolute atomic E-state index is 15.1. The number of rotatable bonds is 6. The second-order valence-electron chi connectivity index (χ2n) is 9.51. The number of carbonyl (C=O) groups excluding carboxylic acids is 2. The lowest BCUT2D eigenvalue weighted by atomic mass is 9.94. The predicted octanol–water partition coefficient (Wildman–Crippen LogP) is 5.33. The molecule has 0 spiro atoms. The van der Waals surface area contributed by atoms with Crippen molar-refractivity contribution >= 4 is 17.5 Å². The minimum absolute atomic E-state index is 0.0355. The highest BCUT2D eigenvalue weighted by Gasteiger charge is 2.26. The molecular weight excluding hydrogens is 495 g/mol. The molecule has 0 radical (unpaired) electrons. The van der Waals surface area contributed by atoms with Crippen LogP contribution in [0, 0.1) is 24.7 Å². The largest absolute Gasteiger partial charge is 0.366 e. The van der Waals surface area contributed by atoms with Crippen LogP contribution < -0.4 is 11.1 Å². The number of nitrogens with zero attached hydrogens (tertiary/aromatic N) is 2. The van der Waals surface area contributed by atoms with Gasteiger partial charge in [-0.15, -0.1) is 0 Å². The van der Waals surface area contributed by atoms with Crippen LogP contribution >= 0.6 is 0 Å². The lowest BCUT2D eigenvalue weighted by Crippen LogP contribution is -2.22. The zero-order valence-electron chi connectivity index (χ0n) is 22.4. The van der Waals surface area contributed by atoms with E-state index in [9.17, 15) is 9.59 Å². The molecule has 4 rings (SSSR count). The number of aryl methyl sites for hydroxylation is 2. The van der Waals surface area contributed by atoms with E-state index in [4.69, 9.17) is 10.5 Å². The summed E-state index contributed by atoms with van der Waals surface area (Å²) in [5.74, 6) is 4.09. The van der Waals surface area contributed by atoms with Crippen molar-refractivity contribution < 1.29 is 18.7 Å². The highest BCUT2D eigenvalue weighted by atomic mass is 19.1. The summed E-state index contributed by atoms with van der Waals surface area (Å²) in [5, 5.41) is 7.06. The summed E-state index contributed by atoms with van der Waals surface area (Å²) < 4.78 is 21.6. The molecule has 8 heteroatoms. The molecule has 1 aromatic heterocycles. The molecule has 0 saturated heterocycles. The van der Waals surface area contributed by atoms with Crippen molar-refractivity contribution in [3.63, 3.8) is 0 Å². The number of aromatic nitrogens is 2. The summed E-state index contributed by atoms with van der Waals surface area (Å²) in [4.78, 5) is 26.3. The van der Waals surface area contributed by atoms with Crippen LogP contribution in [0.3, 0.4) is 0 Å². The van der Waals surface area contributed by atoms with Gasteiger partial charge in [-0.1, -0.05) is 60.4 Å². The lowest BCUT2D eigenvalue weighted by molar-refractivity contribution is 0.0741. The molecule has 0 aliphatic heterocycles. The molecule has 7 nitrogen and oxygen atoms in total. The first-order chi connectivity index (χ1) is 18.5. The van der Waals surface area contributed by atoms with Crippen LogP contribution in [-0.4, -0.2) is 34.3 Å². The topological polar surface area (TPSA) is 99.2 Å². The predicted molar refractivity (Wildman–Crippen MR) is 150 cm³/mol. The molecule has 1 heterocycles. The third-order valence-corrected chi connectivity index (χ3v) is 6.35. The second-order valence-corrected chi connectivity index (χ2v) is 9.51. The third kappa shape index (κ3) is 5.74. The molecule has 0 unspecified atom stereocenters. The van der Waals surface area contributed by atoms with Gasteiger partial charge in [0.2, 0.25) is 11.9 Å². The molecule has 198 valence electrons. The zero-order chi connectivity index (χ0) is 28.3. The summed E-state index contributed by atoms with van der Waals surface area (Å²) in [6, 6.07) is 19.6. The van der Waals surface area contributed by atoms with E-state index in [1.54, 1.807) is 32.2 Å². The molecule has 3 aromatic carbocycles. The molecule has 0 saturated carbocycles. The molecule has 3 N–H and O–H groups in total. The van der Waals surface area contributed by atoms with Crippen molar-refractivity contribution in [2.75, 3.05) is 12.4 Å². The first kappa shape index (κ1) is 27.3. The van der Waals surface area contributed by atoms with Crippen molar-refractivity contribution in [2.24, 2.45) is 12.8 Å². The molecule has 0 atom stereocenters.